The Morgan fingerprint density at radius 2 is 1.80 bits per heavy atom. The molecule has 1 aromatic carbocycles. The van der Waals surface area contributed by atoms with Crippen LogP contribution in [0, 0.1) is 5.92 Å². The largest absolute Gasteiger partial charge is 0.452 e. The van der Waals surface area contributed by atoms with Gasteiger partial charge in [0.2, 0.25) is 0 Å². The van der Waals surface area contributed by atoms with E-state index in [1.807, 2.05) is 65.0 Å². The van der Waals surface area contributed by atoms with Crippen LogP contribution in [0.25, 0.3) is 22.3 Å². The molecule has 0 unspecified atom stereocenters. The molecular formula is C23H28N4O3. The van der Waals surface area contributed by atoms with Crippen molar-refractivity contribution >= 4 is 22.9 Å². The van der Waals surface area contributed by atoms with Gasteiger partial charge in [0.15, 0.2) is 12.3 Å². The van der Waals surface area contributed by atoms with Gasteiger partial charge in [-0.3, -0.25) is 4.79 Å². The molecule has 2 heterocycles. The molecule has 7 nitrogen and oxygen atoms in total. The molecule has 2 aromatic heterocycles. The zero-order chi connectivity index (χ0) is 21.8. The normalized spacial score (nSPS) is 12.4. The van der Waals surface area contributed by atoms with Crippen molar-refractivity contribution in [2.24, 2.45) is 5.92 Å². The fourth-order valence-electron chi connectivity index (χ4n) is 2.99. The number of carbonyl (C=O) groups is 2. The van der Waals surface area contributed by atoms with Gasteiger partial charge in [-0.2, -0.15) is 5.10 Å². The Labute approximate surface area is 176 Å². The lowest BCUT2D eigenvalue weighted by Gasteiger charge is -2.17. The van der Waals surface area contributed by atoms with Gasteiger partial charge in [0, 0.05) is 17.6 Å². The average molecular weight is 409 g/mol. The number of hydrogen-bond acceptors (Lipinski definition) is 5. The van der Waals surface area contributed by atoms with Crippen molar-refractivity contribution in [1.82, 2.24) is 20.1 Å². The van der Waals surface area contributed by atoms with Crippen molar-refractivity contribution in [3.05, 3.63) is 48.2 Å². The van der Waals surface area contributed by atoms with E-state index in [1.165, 1.54) is 0 Å². The van der Waals surface area contributed by atoms with Gasteiger partial charge < -0.3 is 10.1 Å². The summed E-state index contributed by atoms with van der Waals surface area (Å²) in [6.45, 7) is 9.62. The highest BCUT2D eigenvalue weighted by Gasteiger charge is 2.21. The fourth-order valence-corrected chi connectivity index (χ4v) is 2.99. The first-order chi connectivity index (χ1) is 14.3. The summed E-state index contributed by atoms with van der Waals surface area (Å²) in [6.07, 6.45) is 1.62. The molecule has 0 aliphatic carbocycles. The van der Waals surface area contributed by atoms with Crippen molar-refractivity contribution in [3.63, 3.8) is 0 Å². The summed E-state index contributed by atoms with van der Waals surface area (Å²) in [4.78, 5) is 29.7. The molecule has 0 saturated heterocycles. The first kappa shape index (κ1) is 21.5. The van der Waals surface area contributed by atoms with Crippen LogP contribution in [-0.4, -0.2) is 39.3 Å². The predicted molar refractivity (Wildman–Crippen MR) is 116 cm³/mol. The van der Waals surface area contributed by atoms with Gasteiger partial charge >= 0.3 is 5.97 Å². The Kier molecular flexibility index (Phi) is 6.50. The van der Waals surface area contributed by atoms with E-state index >= 15 is 0 Å². The van der Waals surface area contributed by atoms with Crippen molar-refractivity contribution in [3.8, 4) is 11.3 Å². The summed E-state index contributed by atoms with van der Waals surface area (Å²) < 4.78 is 7.10. The SMILES string of the molecule is CC(C)[C@H](C)NC(=O)COC(=O)c1cc(-c2ccccc2)nc2c1cnn2C(C)C. The molecule has 3 aromatic rings. The number of nitrogens with zero attached hydrogens (tertiary/aromatic N) is 3. The number of nitrogens with one attached hydrogen (secondary N) is 1. The Morgan fingerprint density at radius 1 is 1.10 bits per heavy atom. The molecule has 0 radical (unpaired) electrons. The number of pyridine rings is 1. The molecule has 0 bridgehead atoms. The minimum atomic E-state index is -0.574. The fraction of sp³-hybridized carbons (Fsp3) is 0.391. The molecule has 0 fully saturated rings. The average Bonchev–Trinajstić information content (AvgIpc) is 3.16. The van der Waals surface area contributed by atoms with Crippen LogP contribution >= 0.6 is 0 Å². The standard InChI is InChI=1S/C23H28N4O3/c1-14(2)16(5)25-21(28)13-30-23(29)18-11-20(17-9-7-6-8-10-17)26-22-19(18)12-24-27(22)15(3)4/h6-12,14-16H,13H2,1-5H3,(H,25,28)/t16-/m0/s1. The summed E-state index contributed by atoms with van der Waals surface area (Å²) in [7, 11) is 0. The predicted octanol–water partition coefficient (Wildman–Crippen LogP) is 4.00. The van der Waals surface area contributed by atoms with Crippen LogP contribution in [0.5, 0.6) is 0 Å². The smallest absolute Gasteiger partial charge is 0.339 e. The van der Waals surface area contributed by atoms with E-state index in [9.17, 15) is 9.59 Å². The van der Waals surface area contributed by atoms with E-state index in [-0.39, 0.29) is 24.6 Å². The van der Waals surface area contributed by atoms with E-state index in [1.54, 1.807) is 16.9 Å². The van der Waals surface area contributed by atoms with Crippen molar-refractivity contribution in [2.75, 3.05) is 6.61 Å². The van der Waals surface area contributed by atoms with Crippen LogP contribution < -0.4 is 5.32 Å². The van der Waals surface area contributed by atoms with Crippen LogP contribution in [0.4, 0.5) is 0 Å². The van der Waals surface area contributed by atoms with E-state index < -0.39 is 5.97 Å². The molecule has 158 valence electrons. The van der Waals surface area contributed by atoms with Crippen LogP contribution in [0.15, 0.2) is 42.6 Å². The second kappa shape index (κ2) is 9.07. The minimum absolute atomic E-state index is 0.00205. The third-order valence-electron chi connectivity index (χ3n) is 5.07. The second-order valence-corrected chi connectivity index (χ2v) is 8.02. The Bertz CT molecular complexity index is 1040. The van der Waals surface area contributed by atoms with Crippen molar-refractivity contribution in [1.29, 1.82) is 0 Å². The zero-order valence-corrected chi connectivity index (χ0v) is 18.0. The maximum Gasteiger partial charge on any atom is 0.339 e. The maximum absolute atomic E-state index is 12.9. The van der Waals surface area contributed by atoms with E-state index in [0.717, 1.165) is 5.56 Å². The number of benzene rings is 1. The first-order valence-corrected chi connectivity index (χ1v) is 10.2. The molecule has 1 amide bonds. The summed E-state index contributed by atoms with van der Waals surface area (Å²) in [5.74, 6) is -0.606. The topological polar surface area (TPSA) is 86.1 Å². The first-order valence-electron chi connectivity index (χ1n) is 10.2. The van der Waals surface area contributed by atoms with Crippen molar-refractivity contribution < 1.29 is 14.3 Å². The molecule has 30 heavy (non-hydrogen) atoms. The molecular weight excluding hydrogens is 380 g/mol. The van der Waals surface area contributed by atoms with Crippen LogP contribution in [0.1, 0.15) is 51.0 Å². The highest BCUT2D eigenvalue weighted by Crippen LogP contribution is 2.26. The number of hydrogen-bond donors (Lipinski definition) is 1. The van der Waals surface area contributed by atoms with Crippen LogP contribution in [0.3, 0.4) is 0 Å². The molecule has 0 spiro atoms. The number of amides is 1. The maximum atomic E-state index is 12.9. The van der Waals surface area contributed by atoms with Gasteiger partial charge in [-0.25, -0.2) is 14.5 Å². The number of fused-ring (bicyclic) bond motifs is 1. The number of aromatic nitrogens is 3. The molecule has 1 atom stereocenters. The van der Waals surface area contributed by atoms with Crippen LogP contribution in [-0.2, 0) is 9.53 Å². The molecule has 0 aliphatic heterocycles. The second-order valence-electron chi connectivity index (χ2n) is 8.02. The minimum Gasteiger partial charge on any atom is -0.452 e. The van der Waals surface area contributed by atoms with E-state index in [4.69, 9.17) is 9.72 Å². The Hall–Kier alpha value is -3.22. The molecule has 1 N–H and O–H groups in total. The van der Waals surface area contributed by atoms with Gasteiger partial charge in [-0.1, -0.05) is 44.2 Å². The third-order valence-corrected chi connectivity index (χ3v) is 5.07. The van der Waals surface area contributed by atoms with Gasteiger partial charge in [0.25, 0.3) is 5.91 Å². The zero-order valence-electron chi connectivity index (χ0n) is 18.0. The summed E-state index contributed by atoms with van der Waals surface area (Å²) in [5, 5.41) is 7.83. The van der Waals surface area contributed by atoms with E-state index in [2.05, 4.69) is 10.4 Å². The number of esters is 1. The van der Waals surface area contributed by atoms with Gasteiger partial charge in [0.1, 0.15) is 0 Å². The highest BCUT2D eigenvalue weighted by atomic mass is 16.5. The van der Waals surface area contributed by atoms with Gasteiger partial charge in [-0.15, -0.1) is 0 Å². The summed E-state index contributed by atoms with van der Waals surface area (Å²) in [6, 6.07) is 11.4. The van der Waals surface area contributed by atoms with Crippen molar-refractivity contribution in [2.45, 2.75) is 46.7 Å². The molecule has 0 aliphatic rings. The van der Waals surface area contributed by atoms with E-state index in [0.29, 0.717) is 28.2 Å². The molecule has 7 heteroatoms. The third kappa shape index (κ3) is 4.67. The van der Waals surface area contributed by atoms with Gasteiger partial charge in [-0.05, 0) is 32.8 Å². The van der Waals surface area contributed by atoms with Gasteiger partial charge in [0.05, 0.1) is 22.8 Å². The lowest BCUT2D eigenvalue weighted by molar-refractivity contribution is -0.125. The summed E-state index contributed by atoms with van der Waals surface area (Å²) in [5.41, 5.74) is 2.48. The molecule has 0 saturated carbocycles. The lowest BCUT2D eigenvalue weighted by atomic mass is 10.1. The monoisotopic (exact) mass is 408 g/mol. The summed E-state index contributed by atoms with van der Waals surface area (Å²) >= 11 is 0. The van der Waals surface area contributed by atoms with Crippen LogP contribution in [0.2, 0.25) is 0 Å². The Balaban J connectivity index is 1.92. The number of ether oxygens (including phenoxy) is 1. The number of rotatable bonds is 7. The quantitative estimate of drug-likeness (QED) is 0.597. The lowest BCUT2D eigenvalue weighted by Crippen LogP contribution is -2.38. The Morgan fingerprint density at radius 3 is 2.43 bits per heavy atom. The number of carbonyl (C=O) groups excluding carboxylic acids is 2. The highest BCUT2D eigenvalue weighted by molar-refractivity contribution is 6.04. The molecule has 3 rings (SSSR count).